The molecule has 5 heteroatoms. The van der Waals surface area contributed by atoms with Gasteiger partial charge in [0.15, 0.2) is 11.6 Å². The van der Waals surface area contributed by atoms with Crippen molar-refractivity contribution in [2.24, 2.45) is 0 Å². The number of carboxylic acid groups (broad SMARTS) is 1. The first-order valence-corrected chi connectivity index (χ1v) is 6.45. The number of nitrogens with one attached hydrogen (secondary N) is 1. The van der Waals surface area contributed by atoms with Gasteiger partial charge in [0.05, 0.1) is 7.11 Å². The van der Waals surface area contributed by atoms with Gasteiger partial charge in [-0.25, -0.2) is 4.39 Å². The lowest BCUT2D eigenvalue weighted by molar-refractivity contribution is -0.139. The van der Waals surface area contributed by atoms with Crippen LogP contribution in [-0.4, -0.2) is 18.2 Å². The number of benzene rings is 2. The third-order valence-electron chi connectivity index (χ3n) is 3.11. The molecule has 2 aromatic carbocycles. The highest BCUT2D eigenvalue weighted by Crippen LogP contribution is 2.19. The number of aliphatic carboxylic acids is 1. The molecule has 4 nitrogen and oxygen atoms in total. The number of carboxylic acids is 1. The summed E-state index contributed by atoms with van der Waals surface area (Å²) < 4.78 is 18.4. The molecule has 0 bridgehead atoms. The van der Waals surface area contributed by atoms with Crippen molar-refractivity contribution in [3.63, 3.8) is 0 Å². The van der Waals surface area contributed by atoms with Crippen molar-refractivity contribution in [3.05, 3.63) is 65.5 Å². The molecule has 0 aliphatic carbocycles. The maximum atomic E-state index is 13.6. The van der Waals surface area contributed by atoms with Gasteiger partial charge in [0, 0.05) is 6.54 Å². The van der Waals surface area contributed by atoms with Crippen molar-refractivity contribution in [2.45, 2.75) is 12.6 Å². The van der Waals surface area contributed by atoms with Crippen LogP contribution in [0.5, 0.6) is 5.75 Å². The molecule has 0 heterocycles. The molecule has 0 fully saturated rings. The van der Waals surface area contributed by atoms with Crippen LogP contribution in [0.3, 0.4) is 0 Å². The number of carbonyl (C=O) groups is 1. The number of halogens is 1. The van der Waals surface area contributed by atoms with E-state index in [9.17, 15) is 14.3 Å². The molecule has 110 valence electrons. The van der Waals surface area contributed by atoms with Crippen LogP contribution in [-0.2, 0) is 11.3 Å². The molecular formula is C16H16FNO3. The molecule has 0 spiro atoms. The molecule has 0 aromatic heterocycles. The van der Waals surface area contributed by atoms with E-state index in [4.69, 9.17) is 4.74 Å². The molecule has 21 heavy (non-hydrogen) atoms. The van der Waals surface area contributed by atoms with Crippen molar-refractivity contribution in [2.75, 3.05) is 7.11 Å². The molecule has 2 N–H and O–H groups in total. The number of ether oxygens (including phenoxy) is 1. The lowest BCUT2D eigenvalue weighted by atomic mass is 10.1. The van der Waals surface area contributed by atoms with E-state index in [-0.39, 0.29) is 12.3 Å². The summed E-state index contributed by atoms with van der Waals surface area (Å²) in [5.74, 6) is -1.28. The summed E-state index contributed by atoms with van der Waals surface area (Å²) >= 11 is 0. The minimum atomic E-state index is -0.977. The Balaban J connectivity index is 2.09. The largest absolute Gasteiger partial charge is 0.494 e. The van der Waals surface area contributed by atoms with Crippen LogP contribution < -0.4 is 10.1 Å². The Morgan fingerprint density at radius 1 is 1.29 bits per heavy atom. The Bertz CT molecular complexity index is 616. The SMILES string of the molecule is COc1ccc(CNC(C(=O)O)c2ccccc2)cc1F. The van der Waals surface area contributed by atoms with Gasteiger partial charge in [-0.1, -0.05) is 36.4 Å². The van der Waals surface area contributed by atoms with Crippen LogP contribution in [0.15, 0.2) is 48.5 Å². The van der Waals surface area contributed by atoms with Crippen molar-refractivity contribution >= 4 is 5.97 Å². The van der Waals surface area contributed by atoms with E-state index >= 15 is 0 Å². The van der Waals surface area contributed by atoms with E-state index in [0.29, 0.717) is 11.1 Å². The average Bonchev–Trinajstić information content (AvgIpc) is 2.48. The molecule has 0 saturated carbocycles. The number of rotatable bonds is 6. The normalized spacial score (nSPS) is 11.9. The molecule has 0 aliphatic rings. The first-order valence-electron chi connectivity index (χ1n) is 6.45. The van der Waals surface area contributed by atoms with Crippen molar-refractivity contribution < 1.29 is 19.0 Å². The molecule has 0 amide bonds. The zero-order valence-electron chi connectivity index (χ0n) is 11.5. The molecule has 2 aromatic rings. The van der Waals surface area contributed by atoms with Crippen molar-refractivity contribution in [1.82, 2.24) is 5.32 Å². The van der Waals surface area contributed by atoms with Crippen LogP contribution in [0.25, 0.3) is 0 Å². The summed E-state index contributed by atoms with van der Waals surface area (Å²) in [4.78, 5) is 11.3. The van der Waals surface area contributed by atoms with E-state index < -0.39 is 17.8 Å². The fourth-order valence-electron chi connectivity index (χ4n) is 2.03. The van der Waals surface area contributed by atoms with Gasteiger partial charge < -0.3 is 9.84 Å². The van der Waals surface area contributed by atoms with Gasteiger partial charge in [0.25, 0.3) is 0 Å². The standard InChI is InChI=1S/C16H16FNO3/c1-21-14-8-7-11(9-13(14)17)10-18-15(16(19)20)12-5-3-2-4-6-12/h2-9,15,18H,10H2,1H3,(H,19,20). The van der Waals surface area contributed by atoms with E-state index in [0.717, 1.165) is 0 Å². The summed E-state index contributed by atoms with van der Waals surface area (Å²) in [6.45, 7) is 0.243. The van der Waals surface area contributed by atoms with Crippen molar-refractivity contribution in [3.8, 4) is 5.75 Å². The third-order valence-corrected chi connectivity index (χ3v) is 3.11. The van der Waals surface area contributed by atoms with Gasteiger partial charge in [-0.2, -0.15) is 0 Å². The van der Waals surface area contributed by atoms with E-state index in [2.05, 4.69) is 5.32 Å². The summed E-state index contributed by atoms with van der Waals surface area (Å²) in [6.07, 6.45) is 0. The molecular weight excluding hydrogens is 273 g/mol. The predicted molar refractivity (Wildman–Crippen MR) is 76.6 cm³/mol. The molecule has 0 aliphatic heterocycles. The lowest BCUT2D eigenvalue weighted by Crippen LogP contribution is -2.28. The Hall–Kier alpha value is -2.40. The summed E-state index contributed by atoms with van der Waals surface area (Å²) in [6, 6.07) is 12.6. The van der Waals surface area contributed by atoms with Crippen LogP contribution in [0, 0.1) is 5.82 Å². The zero-order valence-corrected chi connectivity index (χ0v) is 11.5. The minimum absolute atomic E-state index is 0.164. The first-order chi connectivity index (χ1) is 10.1. The fraction of sp³-hybridized carbons (Fsp3) is 0.188. The van der Waals surface area contributed by atoms with Crippen LogP contribution in [0.2, 0.25) is 0 Å². The second kappa shape index (κ2) is 6.85. The lowest BCUT2D eigenvalue weighted by Gasteiger charge is -2.15. The summed E-state index contributed by atoms with van der Waals surface area (Å²) in [7, 11) is 1.40. The van der Waals surface area contributed by atoms with Crippen molar-refractivity contribution in [1.29, 1.82) is 0 Å². The van der Waals surface area contributed by atoms with Gasteiger partial charge in [-0.3, -0.25) is 10.1 Å². The summed E-state index contributed by atoms with van der Waals surface area (Å²) in [5.41, 5.74) is 1.30. The second-order valence-corrected chi connectivity index (χ2v) is 4.53. The molecule has 2 rings (SSSR count). The third kappa shape index (κ3) is 3.79. The maximum Gasteiger partial charge on any atom is 0.325 e. The van der Waals surface area contributed by atoms with E-state index in [1.165, 1.54) is 19.2 Å². The minimum Gasteiger partial charge on any atom is -0.494 e. The molecule has 1 unspecified atom stereocenters. The Labute approximate surface area is 122 Å². The van der Waals surface area contributed by atoms with Gasteiger partial charge in [-0.05, 0) is 23.3 Å². The van der Waals surface area contributed by atoms with Gasteiger partial charge >= 0.3 is 5.97 Å². The summed E-state index contributed by atoms with van der Waals surface area (Å²) in [5, 5.41) is 12.2. The van der Waals surface area contributed by atoms with Gasteiger partial charge in [0.2, 0.25) is 0 Å². The topological polar surface area (TPSA) is 58.6 Å². The number of methoxy groups -OCH3 is 1. The smallest absolute Gasteiger partial charge is 0.325 e. The average molecular weight is 289 g/mol. The van der Waals surface area contributed by atoms with Crippen LogP contribution in [0.4, 0.5) is 4.39 Å². The Morgan fingerprint density at radius 3 is 2.57 bits per heavy atom. The Morgan fingerprint density at radius 2 is 2.00 bits per heavy atom. The first kappa shape index (κ1) is 15.0. The quantitative estimate of drug-likeness (QED) is 0.858. The number of hydrogen-bond acceptors (Lipinski definition) is 3. The zero-order chi connectivity index (χ0) is 15.2. The van der Waals surface area contributed by atoms with Gasteiger partial charge in [-0.15, -0.1) is 0 Å². The molecule has 1 atom stereocenters. The predicted octanol–water partition coefficient (Wildman–Crippen LogP) is 2.75. The van der Waals surface area contributed by atoms with Crippen LogP contribution >= 0.6 is 0 Å². The van der Waals surface area contributed by atoms with Crippen LogP contribution in [0.1, 0.15) is 17.2 Å². The fourth-order valence-corrected chi connectivity index (χ4v) is 2.03. The highest BCUT2D eigenvalue weighted by atomic mass is 19.1. The Kier molecular flexibility index (Phi) is 4.90. The molecule has 0 saturated heterocycles. The highest BCUT2D eigenvalue weighted by Gasteiger charge is 2.18. The highest BCUT2D eigenvalue weighted by molar-refractivity contribution is 5.75. The van der Waals surface area contributed by atoms with E-state index in [1.807, 2.05) is 6.07 Å². The second-order valence-electron chi connectivity index (χ2n) is 4.53. The molecule has 0 radical (unpaired) electrons. The maximum absolute atomic E-state index is 13.6. The monoisotopic (exact) mass is 289 g/mol. The van der Waals surface area contributed by atoms with E-state index in [1.54, 1.807) is 30.3 Å². The number of hydrogen-bond donors (Lipinski definition) is 2. The van der Waals surface area contributed by atoms with Gasteiger partial charge in [0.1, 0.15) is 6.04 Å².